The van der Waals surface area contributed by atoms with Gasteiger partial charge in [0.25, 0.3) is 0 Å². The zero-order valence-corrected chi connectivity index (χ0v) is 16.6. The molecular formula is C21H20N2O5S. The van der Waals surface area contributed by atoms with Crippen molar-refractivity contribution in [1.29, 1.82) is 0 Å². The van der Waals surface area contributed by atoms with Crippen LogP contribution in [-0.4, -0.2) is 41.6 Å². The van der Waals surface area contributed by atoms with Crippen molar-refractivity contribution >= 4 is 35.2 Å². The summed E-state index contributed by atoms with van der Waals surface area (Å²) in [6.45, 7) is 1.76. The largest absolute Gasteiger partial charge is 0.463 e. The number of carbonyl (C=O) groups is 3. The molecule has 0 unspecified atom stereocenters. The lowest BCUT2D eigenvalue weighted by Gasteiger charge is -2.16. The van der Waals surface area contributed by atoms with Gasteiger partial charge in [-0.15, -0.1) is 0 Å². The van der Waals surface area contributed by atoms with E-state index in [4.69, 9.17) is 9.47 Å². The van der Waals surface area contributed by atoms with Crippen LogP contribution >= 0.6 is 11.8 Å². The van der Waals surface area contributed by atoms with Crippen LogP contribution in [0.5, 0.6) is 11.5 Å². The molecule has 1 aliphatic heterocycles. The summed E-state index contributed by atoms with van der Waals surface area (Å²) in [6.07, 6.45) is 1.24. The lowest BCUT2D eigenvalue weighted by atomic mass is 10.3. The summed E-state index contributed by atoms with van der Waals surface area (Å²) >= 11 is 1.20. The average molecular weight is 412 g/mol. The lowest BCUT2D eigenvalue weighted by molar-refractivity contribution is -0.137. The fourth-order valence-electron chi connectivity index (χ4n) is 2.56. The molecule has 1 heterocycles. The highest BCUT2D eigenvalue weighted by atomic mass is 32.2. The molecule has 0 bridgehead atoms. The Kier molecular flexibility index (Phi) is 6.91. The fourth-order valence-corrected chi connectivity index (χ4v) is 3.49. The normalized spacial score (nSPS) is 14.7. The number of thioether (sulfide) groups is 1. The first-order valence-electron chi connectivity index (χ1n) is 8.99. The predicted molar refractivity (Wildman–Crippen MR) is 110 cm³/mol. The number of carbonyl (C=O) groups excluding carboxylic acids is 3. The smallest absolute Gasteiger partial charge is 0.333 e. The van der Waals surface area contributed by atoms with Crippen LogP contribution in [0, 0.1) is 0 Å². The zero-order chi connectivity index (χ0) is 20.6. The lowest BCUT2D eigenvalue weighted by Crippen LogP contribution is -2.34. The number of hydrogen-bond donors (Lipinski definition) is 1. The Morgan fingerprint density at radius 3 is 2.48 bits per heavy atom. The van der Waals surface area contributed by atoms with Gasteiger partial charge in [-0.3, -0.25) is 14.5 Å². The number of hydrogen-bond acceptors (Lipinski definition) is 6. The average Bonchev–Trinajstić information content (AvgIpc) is 3.04. The van der Waals surface area contributed by atoms with Crippen molar-refractivity contribution in [2.24, 2.45) is 0 Å². The van der Waals surface area contributed by atoms with Crippen molar-refractivity contribution in [3.05, 3.63) is 65.7 Å². The van der Waals surface area contributed by atoms with Crippen LogP contribution in [0.1, 0.15) is 6.92 Å². The topological polar surface area (TPSA) is 84.9 Å². The second-order valence-electron chi connectivity index (χ2n) is 5.99. The molecule has 0 radical (unpaired) electrons. The number of ether oxygens (including phenoxy) is 2. The minimum atomic E-state index is -0.538. The number of nitrogens with zero attached hydrogens (tertiary/aromatic N) is 1. The van der Waals surface area contributed by atoms with Crippen LogP contribution in [0.15, 0.2) is 65.7 Å². The second kappa shape index (κ2) is 9.79. The molecule has 7 nitrogen and oxygen atoms in total. The molecule has 1 saturated heterocycles. The van der Waals surface area contributed by atoms with E-state index < -0.39 is 5.97 Å². The maximum atomic E-state index is 12.4. The van der Waals surface area contributed by atoms with Gasteiger partial charge in [0.2, 0.25) is 11.8 Å². The third-order valence-electron chi connectivity index (χ3n) is 3.86. The minimum absolute atomic E-state index is 0.181. The third-order valence-corrected chi connectivity index (χ3v) is 4.88. The van der Waals surface area contributed by atoms with E-state index in [1.807, 2.05) is 30.3 Å². The Balaban J connectivity index is 1.58. The highest BCUT2D eigenvalue weighted by molar-refractivity contribution is 8.04. The molecule has 150 valence electrons. The summed E-state index contributed by atoms with van der Waals surface area (Å²) in [5, 5.41) is 3.15. The molecule has 1 fully saturated rings. The molecule has 0 saturated carbocycles. The van der Waals surface area contributed by atoms with Crippen LogP contribution in [0.4, 0.5) is 5.69 Å². The number of esters is 1. The molecule has 0 spiro atoms. The van der Waals surface area contributed by atoms with Crippen molar-refractivity contribution in [2.75, 3.05) is 24.2 Å². The molecule has 8 heteroatoms. The fraction of sp³-hybridized carbons (Fsp3) is 0.190. The number of rotatable bonds is 7. The van der Waals surface area contributed by atoms with Gasteiger partial charge in [0, 0.05) is 5.69 Å². The van der Waals surface area contributed by atoms with Gasteiger partial charge in [-0.1, -0.05) is 30.0 Å². The Bertz CT molecular complexity index is 912. The van der Waals surface area contributed by atoms with Crippen LogP contribution in [0.3, 0.4) is 0 Å². The van der Waals surface area contributed by atoms with E-state index in [2.05, 4.69) is 5.32 Å². The summed E-state index contributed by atoms with van der Waals surface area (Å²) < 4.78 is 10.6. The second-order valence-corrected chi connectivity index (χ2v) is 6.99. The van der Waals surface area contributed by atoms with Crippen molar-refractivity contribution in [3.8, 4) is 11.5 Å². The first kappa shape index (κ1) is 20.5. The summed E-state index contributed by atoms with van der Waals surface area (Å²) in [7, 11) is 0. The van der Waals surface area contributed by atoms with Gasteiger partial charge >= 0.3 is 5.97 Å². The minimum Gasteiger partial charge on any atom is -0.463 e. The van der Waals surface area contributed by atoms with Gasteiger partial charge in [0.15, 0.2) is 0 Å². The van der Waals surface area contributed by atoms with Crippen molar-refractivity contribution in [2.45, 2.75) is 6.92 Å². The number of benzene rings is 2. The Morgan fingerprint density at radius 1 is 1.10 bits per heavy atom. The highest BCUT2D eigenvalue weighted by Crippen LogP contribution is 2.29. The van der Waals surface area contributed by atoms with Gasteiger partial charge in [0.1, 0.15) is 18.0 Å². The Labute approximate surface area is 172 Å². The SMILES string of the molecule is CCOC(=O)/C=C1\SCC(=O)N1CC(=O)Nc1ccc(Oc2ccccc2)cc1. The molecule has 2 aromatic rings. The Hall–Kier alpha value is -3.26. The molecule has 2 aromatic carbocycles. The molecule has 2 amide bonds. The summed E-state index contributed by atoms with van der Waals surface area (Å²) in [5.41, 5.74) is 0.575. The summed E-state index contributed by atoms with van der Waals surface area (Å²) in [5.74, 6) is 0.406. The molecule has 1 aliphatic rings. The highest BCUT2D eigenvalue weighted by Gasteiger charge is 2.29. The van der Waals surface area contributed by atoms with Gasteiger partial charge in [-0.25, -0.2) is 4.79 Å². The zero-order valence-electron chi connectivity index (χ0n) is 15.8. The third kappa shape index (κ3) is 5.86. The quantitative estimate of drug-likeness (QED) is 0.554. The molecule has 29 heavy (non-hydrogen) atoms. The number of anilines is 1. The monoisotopic (exact) mass is 412 g/mol. The molecule has 1 N–H and O–H groups in total. The van der Waals surface area contributed by atoms with E-state index in [1.165, 1.54) is 22.7 Å². The standard InChI is InChI=1S/C21H20N2O5S/c1-2-27-21(26)12-20-23(19(25)14-29-20)13-18(24)22-15-8-10-17(11-9-15)28-16-6-4-3-5-7-16/h3-12H,2,13-14H2,1H3,(H,22,24)/b20-12-. The van der Waals surface area contributed by atoms with Crippen molar-refractivity contribution in [1.82, 2.24) is 4.90 Å². The predicted octanol–water partition coefficient (Wildman–Crippen LogP) is 3.40. The van der Waals surface area contributed by atoms with Gasteiger partial charge in [-0.2, -0.15) is 0 Å². The molecule has 0 aromatic heterocycles. The molecule has 0 aliphatic carbocycles. The van der Waals surface area contributed by atoms with E-state index in [9.17, 15) is 14.4 Å². The van der Waals surface area contributed by atoms with Crippen molar-refractivity contribution < 1.29 is 23.9 Å². The molecule has 3 rings (SSSR count). The van der Waals surface area contributed by atoms with Crippen LogP contribution in [0.2, 0.25) is 0 Å². The maximum Gasteiger partial charge on any atom is 0.333 e. The van der Waals surface area contributed by atoms with E-state index in [0.717, 1.165) is 5.75 Å². The first-order chi connectivity index (χ1) is 14.0. The van der Waals surface area contributed by atoms with Crippen LogP contribution in [-0.2, 0) is 19.1 Å². The Morgan fingerprint density at radius 2 is 1.79 bits per heavy atom. The molecular weight excluding hydrogens is 392 g/mol. The van der Waals surface area contributed by atoms with E-state index in [0.29, 0.717) is 16.5 Å². The van der Waals surface area contributed by atoms with Crippen LogP contribution in [0.25, 0.3) is 0 Å². The van der Waals surface area contributed by atoms with Crippen molar-refractivity contribution in [3.63, 3.8) is 0 Å². The molecule has 0 atom stereocenters. The van der Waals surface area contributed by atoms with Gasteiger partial charge < -0.3 is 14.8 Å². The van der Waals surface area contributed by atoms with E-state index >= 15 is 0 Å². The maximum absolute atomic E-state index is 12.4. The van der Waals surface area contributed by atoms with Gasteiger partial charge in [0.05, 0.1) is 23.5 Å². The number of para-hydroxylation sites is 1. The number of nitrogens with one attached hydrogen (secondary N) is 1. The van der Waals surface area contributed by atoms with E-state index in [1.54, 1.807) is 31.2 Å². The van der Waals surface area contributed by atoms with Crippen LogP contribution < -0.4 is 10.1 Å². The first-order valence-corrected chi connectivity index (χ1v) is 9.98. The number of amides is 2. The summed E-state index contributed by atoms with van der Waals surface area (Å²) in [6, 6.07) is 16.3. The van der Waals surface area contributed by atoms with E-state index in [-0.39, 0.29) is 30.7 Å². The summed E-state index contributed by atoms with van der Waals surface area (Å²) in [4.78, 5) is 37.3. The van der Waals surface area contributed by atoms with Gasteiger partial charge in [-0.05, 0) is 43.3 Å².